The van der Waals surface area contributed by atoms with Crippen LogP contribution in [-0.4, -0.2) is 142 Å². The number of carboxylic acids is 1. The molecule has 19 nitrogen and oxygen atoms in total. The Labute approximate surface area is 400 Å². The largest absolute Gasteiger partial charge is 0.487 e. The molecule has 5 heterocycles. The Hall–Kier alpha value is -5.42. The van der Waals surface area contributed by atoms with Gasteiger partial charge in [0, 0.05) is 68.4 Å². The Kier molecular flexibility index (Phi) is 17.6. The van der Waals surface area contributed by atoms with Gasteiger partial charge in [0.25, 0.3) is 0 Å². The highest BCUT2D eigenvalue weighted by molar-refractivity contribution is 7.89. The number of benzene rings is 2. The lowest BCUT2D eigenvalue weighted by Crippen LogP contribution is -2.55. The highest BCUT2D eigenvalue weighted by Gasteiger charge is 2.45. The summed E-state index contributed by atoms with van der Waals surface area (Å²) in [5.74, 6) is -2.19. The van der Waals surface area contributed by atoms with Gasteiger partial charge in [-0.2, -0.15) is 4.31 Å². The van der Waals surface area contributed by atoms with Gasteiger partial charge in [0.2, 0.25) is 22.7 Å². The van der Waals surface area contributed by atoms with Crippen LogP contribution in [0.4, 0.5) is 4.79 Å². The van der Waals surface area contributed by atoms with Gasteiger partial charge in [-0.05, 0) is 67.6 Å². The molecule has 2 amide bonds. The molecule has 0 aliphatic carbocycles. The Bertz CT molecular complexity index is 2410. The van der Waals surface area contributed by atoms with Gasteiger partial charge >= 0.3 is 12.1 Å². The van der Waals surface area contributed by atoms with Crippen LogP contribution in [0, 0.1) is 24.7 Å². The van der Waals surface area contributed by atoms with Crippen molar-refractivity contribution in [2.24, 2.45) is 17.8 Å². The number of carbonyl (C=O) groups excluding carboxylic acids is 2. The van der Waals surface area contributed by atoms with Crippen molar-refractivity contribution >= 4 is 39.3 Å². The number of fused-ring (bicyclic) bond motifs is 2. The lowest BCUT2D eigenvalue weighted by molar-refractivity contribution is -0.157. The minimum atomic E-state index is -4.35. The number of nitrogens with zero attached hydrogens (tertiary/aromatic N) is 4. The quantitative estimate of drug-likeness (QED) is 0.0859. The minimum Gasteiger partial charge on any atom is -0.487 e. The summed E-state index contributed by atoms with van der Waals surface area (Å²) in [4.78, 5) is 50.6. The van der Waals surface area contributed by atoms with Gasteiger partial charge < -0.3 is 53.2 Å². The lowest BCUT2D eigenvalue weighted by Gasteiger charge is -2.36. The summed E-state index contributed by atoms with van der Waals surface area (Å²) >= 11 is 1.52. The summed E-state index contributed by atoms with van der Waals surface area (Å²) < 4.78 is 76.6. The maximum Gasteiger partial charge on any atom is 0.407 e. The number of aromatic nitrogens is 2. The van der Waals surface area contributed by atoms with Crippen LogP contribution in [0.2, 0.25) is 0 Å². The van der Waals surface area contributed by atoms with Crippen LogP contribution in [0.25, 0.3) is 0 Å². The molecule has 0 radical (unpaired) electrons. The molecule has 2 fully saturated rings. The number of pyridine rings is 1. The minimum absolute atomic E-state index is 0.0181. The van der Waals surface area contributed by atoms with Gasteiger partial charge in [-0.15, -0.1) is 11.3 Å². The molecule has 21 heteroatoms. The number of carbonyl (C=O) groups is 3. The molecule has 0 saturated carbocycles. The van der Waals surface area contributed by atoms with Crippen molar-refractivity contribution in [1.29, 1.82) is 0 Å². The monoisotopic (exact) mass is 981 g/mol. The number of aliphatic carboxylic acids is 1. The molecule has 7 rings (SSSR count). The number of hydrogen-bond acceptors (Lipinski definition) is 16. The van der Waals surface area contributed by atoms with Crippen LogP contribution in [0.1, 0.15) is 42.2 Å². The Morgan fingerprint density at radius 3 is 2.54 bits per heavy atom. The predicted octanol–water partition coefficient (Wildman–Crippen LogP) is 4.70. The summed E-state index contributed by atoms with van der Waals surface area (Å²) in [5, 5.41) is 16.7. The average molecular weight is 982 g/mol. The summed E-state index contributed by atoms with van der Waals surface area (Å²) in [5.41, 5.74) is 2.28. The fourth-order valence-electron chi connectivity index (χ4n) is 8.16. The first-order valence-electron chi connectivity index (χ1n) is 22.5. The van der Waals surface area contributed by atoms with E-state index in [-0.39, 0.29) is 81.2 Å². The van der Waals surface area contributed by atoms with E-state index < -0.39 is 59.1 Å². The SMILES string of the molecule is Cc1nc(COc2ccc(CC(NC(=O)O[C@H]3CO[C@H]4OCC[C@H]43)C(CN(CC(C)C)S(=O)(=O)c3ccc4c(c3)OCO4)[C@H](OCCOCC(=O)N(C)CCc3ccccn3)C(=O)O)cc2)cs1. The number of alkyl carbamates (subject to hydrolysis) is 1. The molecule has 2 N–H and O–H groups in total. The van der Waals surface area contributed by atoms with E-state index in [9.17, 15) is 27.9 Å². The first-order valence-corrected chi connectivity index (χ1v) is 24.8. The third-order valence-corrected chi connectivity index (χ3v) is 14.3. The third kappa shape index (κ3) is 13.6. The van der Waals surface area contributed by atoms with Gasteiger partial charge in [0.1, 0.15) is 25.1 Å². The molecular formula is C47H59N5O14S2. The van der Waals surface area contributed by atoms with E-state index in [2.05, 4.69) is 15.3 Å². The van der Waals surface area contributed by atoms with E-state index in [1.165, 1.54) is 38.7 Å². The summed E-state index contributed by atoms with van der Waals surface area (Å²) in [7, 11) is -2.70. The zero-order chi connectivity index (χ0) is 48.2. The van der Waals surface area contributed by atoms with Crippen molar-refractivity contribution in [2.75, 3.05) is 66.5 Å². The number of aryl methyl sites for hydroxylation is 1. The number of ether oxygens (including phenoxy) is 8. The normalized spacial score (nSPS) is 18.8. The highest BCUT2D eigenvalue weighted by atomic mass is 32.2. The van der Waals surface area contributed by atoms with Crippen LogP contribution >= 0.6 is 11.3 Å². The maximum atomic E-state index is 14.7. The van der Waals surface area contributed by atoms with E-state index >= 15 is 0 Å². The number of rotatable bonds is 25. The van der Waals surface area contributed by atoms with Crippen molar-refractivity contribution in [3.05, 3.63) is 94.2 Å². The first-order chi connectivity index (χ1) is 32.7. The third-order valence-electron chi connectivity index (χ3n) is 11.7. The van der Waals surface area contributed by atoms with E-state index in [0.717, 1.165) is 16.4 Å². The van der Waals surface area contributed by atoms with Gasteiger partial charge in [0.15, 0.2) is 23.9 Å². The molecule has 4 aromatic rings. The number of carboxylic acid groups (broad SMARTS) is 1. The lowest BCUT2D eigenvalue weighted by atomic mass is 9.88. The van der Waals surface area contributed by atoms with Gasteiger partial charge in [-0.1, -0.05) is 32.0 Å². The Balaban J connectivity index is 1.14. The predicted molar refractivity (Wildman–Crippen MR) is 246 cm³/mol. The molecule has 3 aliphatic rings. The zero-order valence-electron chi connectivity index (χ0n) is 38.5. The zero-order valence-corrected chi connectivity index (χ0v) is 40.2. The summed E-state index contributed by atoms with van der Waals surface area (Å²) in [6, 6.07) is 15.8. The van der Waals surface area contributed by atoms with Gasteiger partial charge in [0.05, 0.1) is 47.9 Å². The number of amides is 2. The van der Waals surface area contributed by atoms with Crippen molar-refractivity contribution in [1.82, 2.24) is 24.5 Å². The van der Waals surface area contributed by atoms with Crippen LogP contribution in [0.3, 0.4) is 0 Å². The molecule has 368 valence electrons. The number of thiazole rings is 1. The topological polar surface area (TPSA) is 224 Å². The second kappa shape index (κ2) is 23.7. The number of sulfonamides is 1. The molecule has 6 atom stereocenters. The van der Waals surface area contributed by atoms with Crippen LogP contribution < -0.4 is 19.5 Å². The number of nitrogens with one attached hydrogen (secondary N) is 1. The smallest absolute Gasteiger partial charge is 0.407 e. The van der Waals surface area contributed by atoms with Crippen LogP contribution in [0.5, 0.6) is 17.2 Å². The van der Waals surface area contributed by atoms with Crippen LogP contribution in [0.15, 0.2) is 77.1 Å². The molecule has 2 unspecified atom stereocenters. The average Bonchev–Trinajstić information content (AvgIpc) is 4.15. The highest BCUT2D eigenvalue weighted by Crippen LogP contribution is 2.36. The summed E-state index contributed by atoms with van der Waals surface area (Å²) in [6.07, 6.45) is -0.836. The Morgan fingerprint density at radius 1 is 1.00 bits per heavy atom. The second-order valence-electron chi connectivity index (χ2n) is 17.2. The van der Waals surface area contributed by atoms with E-state index in [0.29, 0.717) is 43.1 Å². The number of likely N-dealkylation sites (N-methyl/N-ethyl adjacent to an activating group) is 1. The first kappa shape index (κ1) is 50.5. The van der Waals surface area contributed by atoms with Crippen LogP contribution in [-0.2, 0) is 62.7 Å². The molecule has 2 aromatic heterocycles. The molecule has 0 bridgehead atoms. The van der Waals surface area contributed by atoms with E-state index in [4.69, 9.17) is 37.9 Å². The Morgan fingerprint density at radius 2 is 1.81 bits per heavy atom. The maximum absolute atomic E-state index is 14.7. The molecule has 68 heavy (non-hydrogen) atoms. The molecule has 3 aliphatic heterocycles. The summed E-state index contributed by atoms with van der Waals surface area (Å²) in [6.45, 7) is 5.54. The van der Waals surface area contributed by atoms with E-state index in [1.807, 2.05) is 44.4 Å². The fraction of sp³-hybridized carbons (Fsp3) is 0.511. The van der Waals surface area contributed by atoms with E-state index in [1.54, 1.807) is 37.5 Å². The van der Waals surface area contributed by atoms with Crippen molar-refractivity contribution < 1.29 is 65.8 Å². The molecular weight excluding hydrogens is 923 g/mol. The van der Waals surface area contributed by atoms with Gasteiger partial charge in [-0.25, -0.2) is 23.0 Å². The number of hydrogen-bond donors (Lipinski definition) is 2. The molecule has 2 saturated heterocycles. The van der Waals surface area contributed by atoms with Crippen molar-refractivity contribution in [3.8, 4) is 17.2 Å². The standard InChI is InChI=1S/C47H59N5O14S2/c1-30(2)23-52(68(57,58)36-12-13-40-41(22-36)65-29-64-40)24-38(44(45(54)55)60-20-19-59-27-43(53)51(4)17-14-33-7-5-6-16-48-33)39(50-47(56)66-42-26-63-46-37(42)15-18-61-46)21-32-8-10-35(11-9-32)62-25-34-28-67-31(3)49-34/h5-13,16,22,28,30,37-39,42,44,46H,14-15,17-21,23-27,29H2,1-4H3,(H,50,56)(H,54,55)/t37-,38?,39?,42-,44-,46+/m0/s1. The van der Waals surface area contributed by atoms with Gasteiger partial charge in [-0.3, -0.25) is 9.78 Å². The fourth-order valence-corrected chi connectivity index (χ4v) is 10.4. The van der Waals surface area contributed by atoms with Crippen molar-refractivity contribution in [3.63, 3.8) is 0 Å². The van der Waals surface area contributed by atoms with Crippen molar-refractivity contribution in [2.45, 2.75) is 76.1 Å². The molecule has 2 aromatic carbocycles. The second-order valence-corrected chi connectivity index (χ2v) is 20.2. The molecule has 0 spiro atoms.